The molecule has 1 fully saturated rings. The number of aromatic nitrogens is 1. The smallest absolute Gasteiger partial charge is 0.214 e. The van der Waals surface area contributed by atoms with E-state index in [9.17, 15) is 4.79 Å². The first kappa shape index (κ1) is 13.1. The van der Waals surface area contributed by atoms with Gasteiger partial charge in [-0.2, -0.15) is 0 Å². The lowest BCUT2D eigenvalue weighted by molar-refractivity contribution is 0.0941. The average molecular weight is 247 g/mol. The van der Waals surface area contributed by atoms with Gasteiger partial charge in [0, 0.05) is 17.8 Å². The summed E-state index contributed by atoms with van der Waals surface area (Å²) in [5.74, 6) is 0.624. The number of rotatable bonds is 3. The van der Waals surface area contributed by atoms with Gasteiger partial charge in [-0.25, -0.2) is 4.98 Å². The Morgan fingerprint density at radius 3 is 2.67 bits per heavy atom. The molecule has 98 valence electrons. The van der Waals surface area contributed by atoms with Crippen LogP contribution in [0.25, 0.3) is 0 Å². The molecule has 0 bridgehead atoms. The second-order valence-electron chi connectivity index (χ2n) is 5.92. The van der Waals surface area contributed by atoms with Gasteiger partial charge in [-0.3, -0.25) is 4.79 Å². The Morgan fingerprint density at radius 2 is 2.06 bits per heavy atom. The molecule has 0 amide bonds. The molecule has 0 saturated heterocycles. The molecule has 3 heteroatoms. The number of Topliss-reactive ketones (excluding diaryl/α,β-unsaturated/α-hetero) is 1. The molecule has 0 aliphatic heterocycles. The average Bonchev–Trinajstić information content (AvgIpc) is 2.32. The van der Waals surface area contributed by atoms with Crippen molar-refractivity contribution in [2.75, 3.05) is 0 Å². The Labute approximate surface area is 109 Å². The molecular formula is C15H21NO2. The lowest BCUT2D eigenvalue weighted by atomic mass is 9.76. The molecule has 3 nitrogen and oxygen atoms in total. The van der Waals surface area contributed by atoms with Crippen LogP contribution in [0.3, 0.4) is 0 Å². The molecule has 0 unspecified atom stereocenters. The second kappa shape index (κ2) is 5.09. The number of carbonyl (C=O) groups is 1. The Hall–Kier alpha value is -1.38. The molecule has 1 aliphatic carbocycles. The van der Waals surface area contributed by atoms with Gasteiger partial charge >= 0.3 is 0 Å². The zero-order valence-corrected chi connectivity index (χ0v) is 11.4. The first-order valence-electron chi connectivity index (χ1n) is 6.60. The van der Waals surface area contributed by atoms with Gasteiger partial charge in [0.2, 0.25) is 5.88 Å². The maximum absolute atomic E-state index is 11.3. The summed E-state index contributed by atoms with van der Waals surface area (Å²) >= 11 is 0. The van der Waals surface area contributed by atoms with E-state index in [4.69, 9.17) is 4.74 Å². The highest BCUT2D eigenvalue weighted by Crippen LogP contribution is 2.36. The van der Waals surface area contributed by atoms with Gasteiger partial charge in [-0.1, -0.05) is 13.8 Å². The molecule has 2 rings (SSSR count). The van der Waals surface area contributed by atoms with E-state index < -0.39 is 0 Å². The Kier molecular flexibility index (Phi) is 3.69. The van der Waals surface area contributed by atoms with Gasteiger partial charge in [0.1, 0.15) is 6.10 Å². The highest BCUT2D eigenvalue weighted by molar-refractivity contribution is 5.94. The fourth-order valence-electron chi connectivity index (χ4n) is 2.35. The minimum absolute atomic E-state index is 0.0482. The van der Waals surface area contributed by atoms with Crippen LogP contribution in [0.5, 0.6) is 5.88 Å². The van der Waals surface area contributed by atoms with E-state index in [1.165, 1.54) is 12.8 Å². The molecule has 1 saturated carbocycles. The van der Waals surface area contributed by atoms with E-state index in [2.05, 4.69) is 18.8 Å². The third-order valence-corrected chi connectivity index (χ3v) is 3.71. The highest BCUT2D eigenvalue weighted by atomic mass is 16.5. The first-order valence-corrected chi connectivity index (χ1v) is 6.60. The number of hydrogen-bond donors (Lipinski definition) is 0. The topological polar surface area (TPSA) is 39.2 Å². The Balaban J connectivity index is 1.98. The van der Waals surface area contributed by atoms with Crippen molar-refractivity contribution in [2.45, 2.75) is 52.6 Å². The number of pyridine rings is 1. The normalized spacial score (nSPS) is 19.5. The number of hydrogen-bond acceptors (Lipinski definition) is 3. The largest absolute Gasteiger partial charge is 0.474 e. The quantitative estimate of drug-likeness (QED) is 0.766. The standard InChI is InChI=1S/C15H21NO2/c1-11(17)12-6-9-16-14(10-12)18-13-4-7-15(2,3)8-5-13/h6,9-10,13H,4-5,7-8H2,1-3H3. The predicted octanol–water partition coefficient (Wildman–Crippen LogP) is 3.63. The van der Waals surface area contributed by atoms with Gasteiger partial charge in [0.05, 0.1) is 0 Å². The molecular weight excluding hydrogens is 226 g/mol. The molecule has 0 N–H and O–H groups in total. The minimum atomic E-state index is 0.0482. The SMILES string of the molecule is CC(=O)c1ccnc(OC2CCC(C)(C)CC2)c1. The van der Waals surface area contributed by atoms with Gasteiger partial charge in [0.25, 0.3) is 0 Å². The van der Waals surface area contributed by atoms with Crippen molar-refractivity contribution in [1.82, 2.24) is 4.98 Å². The first-order chi connectivity index (χ1) is 8.46. The summed E-state index contributed by atoms with van der Waals surface area (Å²) in [6.07, 6.45) is 6.39. The van der Waals surface area contributed by atoms with E-state index in [-0.39, 0.29) is 11.9 Å². The van der Waals surface area contributed by atoms with Crippen LogP contribution in [0.1, 0.15) is 56.8 Å². The maximum atomic E-state index is 11.3. The van der Waals surface area contributed by atoms with Crippen molar-refractivity contribution in [3.05, 3.63) is 23.9 Å². The number of nitrogens with zero attached hydrogens (tertiary/aromatic N) is 1. The molecule has 1 heterocycles. The van der Waals surface area contributed by atoms with Crippen LogP contribution in [0.4, 0.5) is 0 Å². The Morgan fingerprint density at radius 1 is 1.39 bits per heavy atom. The van der Waals surface area contributed by atoms with E-state index in [0.29, 0.717) is 16.9 Å². The number of carbonyl (C=O) groups excluding carboxylic acids is 1. The zero-order valence-electron chi connectivity index (χ0n) is 11.4. The monoisotopic (exact) mass is 247 g/mol. The van der Waals surface area contributed by atoms with E-state index in [0.717, 1.165) is 12.8 Å². The zero-order chi connectivity index (χ0) is 13.2. The lowest BCUT2D eigenvalue weighted by Crippen LogP contribution is -2.28. The van der Waals surface area contributed by atoms with Crippen LogP contribution >= 0.6 is 0 Å². The van der Waals surface area contributed by atoms with E-state index in [1.807, 2.05) is 0 Å². The number of ketones is 1. The second-order valence-corrected chi connectivity index (χ2v) is 5.92. The van der Waals surface area contributed by atoms with Crippen LogP contribution in [-0.2, 0) is 0 Å². The lowest BCUT2D eigenvalue weighted by Gasteiger charge is -2.34. The Bertz CT molecular complexity index is 430. The van der Waals surface area contributed by atoms with Gasteiger partial charge < -0.3 is 4.74 Å². The van der Waals surface area contributed by atoms with Crippen LogP contribution in [0.2, 0.25) is 0 Å². The molecule has 1 aliphatic rings. The van der Waals surface area contributed by atoms with Crippen molar-refractivity contribution in [2.24, 2.45) is 5.41 Å². The van der Waals surface area contributed by atoms with Crippen molar-refractivity contribution in [1.29, 1.82) is 0 Å². The van der Waals surface area contributed by atoms with Crippen LogP contribution < -0.4 is 4.74 Å². The fraction of sp³-hybridized carbons (Fsp3) is 0.600. The van der Waals surface area contributed by atoms with Crippen molar-refractivity contribution in [3.8, 4) is 5.88 Å². The van der Waals surface area contributed by atoms with Crippen molar-refractivity contribution >= 4 is 5.78 Å². The van der Waals surface area contributed by atoms with E-state index in [1.54, 1.807) is 25.3 Å². The molecule has 1 aromatic heterocycles. The molecule has 0 atom stereocenters. The summed E-state index contributed by atoms with van der Waals surface area (Å²) in [5, 5.41) is 0. The summed E-state index contributed by atoms with van der Waals surface area (Å²) in [6, 6.07) is 3.46. The molecule has 1 aromatic rings. The van der Waals surface area contributed by atoms with Crippen molar-refractivity contribution in [3.63, 3.8) is 0 Å². The van der Waals surface area contributed by atoms with Crippen molar-refractivity contribution < 1.29 is 9.53 Å². The van der Waals surface area contributed by atoms with E-state index >= 15 is 0 Å². The highest BCUT2D eigenvalue weighted by Gasteiger charge is 2.28. The summed E-state index contributed by atoms with van der Waals surface area (Å²) in [7, 11) is 0. The molecule has 0 aromatic carbocycles. The third-order valence-electron chi connectivity index (χ3n) is 3.71. The fourth-order valence-corrected chi connectivity index (χ4v) is 2.35. The summed E-state index contributed by atoms with van der Waals surface area (Å²) in [5.41, 5.74) is 1.10. The van der Waals surface area contributed by atoms with Crippen LogP contribution in [0.15, 0.2) is 18.3 Å². The molecule has 18 heavy (non-hydrogen) atoms. The van der Waals surface area contributed by atoms with Gasteiger partial charge in [-0.15, -0.1) is 0 Å². The molecule has 0 radical (unpaired) electrons. The summed E-state index contributed by atoms with van der Waals surface area (Å²) in [4.78, 5) is 15.5. The predicted molar refractivity (Wildman–Crippen MR) is 70.9 cm³/mol. The maximum Gasteiger partial charge on any atom is 0.214 e. The minimum Gasteiger partial charge on any atom is -0.474 e. The molecule has 0 spiro atoms. The third kappa shape index (κ3) is 3.31. The summed E-state index contributed by atoms with van der Waals surface area (Å²) in [6.45, 7) is 6.16. The van der Waals surface area contributed by atoms with Crippen LogP contribution in [-0.4, -0.2) is 16.9 Å². The number of ether oxygens (including phenoxy) is 1. The van der Waals surface area contributed by atoms with Crippen LogP contribution in [0, 0.1) is 5.41 Å². The van der Waals surface area contributed by atoms with Gasteiger partial charge in [0.15, 0.2) is 5.78 Å². The summed E-state index contributed by atoms with van der Waals surface area (Å²) < 4.78 is 5.88. The van der Waals surface area contributed by atoms with Gasteiger partial charge in [-0.05, 0) is 44.1 Å².